The number of allylic oxidation sites excluding steroid dienone is 2. The average Bonchev–Trinajstić information content (AvgIpc) is 2.56. The van der Waals surface area contributed by atoms with E-state index >= 15 is 0 Å². The molecule has 2 aliphatic carbocycles. The first kappa shape index (κ1) is 16.4. The molecule has 1 aliphatic heterocycles. The largest absolute Gasteiger partial charge is 0.375 e. The van der Waals surface area contributed by atoms with Gasteiger partial charge in [0, 0.05) is 42.0 Å². The highest BCUT2D eigenvalue weighted by atomic mass is 16.1. The molecule has 0 saturated heterocycles. The molecule has 0 amide bonds. The van der Waals surface area contributed by atoms with Crippen molar-refractivity contribution in [2.75, 3.05) is 20.1 Å². The highest BCUT2D eigenvalue weighted by molar-refractivity contribution is 5.50. The molecule has 1 aromatic heterocycles. The van der Waals surface area contributed by atoms with Crippen LogP contribution in [0, 0.1) is 5.92 Å². The van der Waals surface area contributed by atoms with Gasteiger partial charge in [-0.25, -0.2) is 0 Å². The molecule has 132 valence electrons. The third kappa shape index (κ3) is 2.69. The van der Waals surface area contributed by atoms with Gasteiger partial charge in [0.05, 0.1) is 5.54 Å². The Morgan fingerprint density at radius 1 is 1.40 bits per heavy atom. The van der Waals surface area contributed by atoms with Crippen molar-refractivity contribution in [3.05, 3.63) is 68.8 Å². The summed E-state index contributed by atoms with van der Waals surface area (Å²) in [5.74, 6) is 0.365. The third-order valence-electron chi connectivity index (χ3n) is 5.90. The zero-order valence-corrected chi connectivity index (χ0v) is 15.4. The normalized spacial score (nSPS) is 30.5. The summed E-state index contributed by atoms with van der Waals surface area (Å²) < 4.78 is 0. The Balaban J connectivity index is 1.86. The Morgan fingerprint density at radius 3 is 2.96 bits per heavy atom. The van der Waals surface area contributed by atoms with Crippen molar-refractivity contribution >= 4 is 0 Å². The molecule has 2 heterocycles. The van der Waals surface area contributed by atoms with Crippen LogP contribution in [-0.2, 0) is 12.0 Å². The van der Waals surface area contributed by atoms with Crippen molar-refractivity contribution in [2.24, 2.45) is 5.92 Å². The van der Waals surface area contributed by atoms with Crippen molar-refractivity contribution in [1.29, 1.82) is 0 Å². The minimum Gasteiger partial charge on any atom is -0.375 e. The maximum atomic E-state index is 11.9. The summed E-state index contributed by atoms with van der Waals surface area (Å²) in [7, 11) is 2.16. The SMILES string of the molecule is CC=C1C2C=C(C)CC1(NC1=CCN(C)CC1)c1ccc(=O)[nH]c1C2. The van der Waals surface area contributed by atoms with Crippen LogP contribution in [0.1, 0.15) is 37.9 Å². The van der Waals surface area contributed by atoms with Crippen molar-refractivity contribution in [2.45, 2.75) is 38.6 Å². The van der Waals surface area contributed by atoms with E-state index in [2.05, 4.69) is 54.3 Å². The second-order valence-corrected chi connectivity index (χ2v) is 7.73. The molecule has 1 aromatic rings. The van der Waals surface area contributed by atoms with Gasteiger partial charge in [0.15, 0.2) is 0 Å². The van der Waals surface area contributed by atoms with E-state index in [1.807, 2.05) is 6.07 Å². The van der Waals surface area contributed by atoms with Crippen LogP contribution in [0.5, 0.6) is 0 Å². The molecule has 0 fully saturated rings. The molecule has 2 atom stereocenters. The first-order valence-electron chi connectivity index (χ1n) is 9.24. The molecule has 2 bridgehead atoms. The lowest BCUT2D eigenvalue weighted by Gasteiger charge is -2.49. The minimum absolute atomic E-state index is 0.00453. The van der Waals surface area contributed by atoms with E-state index in [9.17, 15) is 4.79 Å². The van der Waals surface area contributed by atoms with Crippen molar-refractivity contribution in [3.63, 3.8) is 0 Å². The summed E-state index contributed by atoms with van der Waals surface area (Å²) in [6.07, 6.45) is 9.86. The third-order valence-corrected chi connectivity index (χ3v) is 5.90. The molecule has 4 rings (SSSR count). The monoisotopic (exact) mass is 337 g/mol. The molecule has 0 spiro atoms. The van der Waals surface area contributed by atoms with Crippen LogP contribution in [0.4, 0.5) is 0 Å². The number of fused-ring (bicyclic) bond motifs is 4. The highest BCUT2D eigenvalue weighted by Gasteiger charge is 2.47. The van der Waals surface area contributed by atoms with E-state index < -0.39 is 0 Å². The van der Waals surface area contributed by atoms with E-state index in [1.54, 1.807) is 6.07 Å². The van der Waals surface area contributed by atoms with Gasteiger partial charge in [-0.15, -0.1) is 0 Å². The van der Waals surface area contributed by atoms with Crippen LogP contribution < -0.4 is 10.9 Å². The van der Waals surface area contributed by atoms with Crippen LogP contribution in [-0.4, -0.2) is 30.0 Å². The molecular formula is C21H27N3O. The molecule has 0 aromatic carbocycles. The number of likely N-dealkylation sites (N-methyl/N-ethyl adjacent to an activating group) is 1. The Morgan fingerprint density at radius 2 is 2.24 bits per heavy atom. The van der Waals surface area contributed by atoms with Crippen LogP contribution >= 0.6 is 0 Å². The van der Waals surface area contributed by atoms with Gasteiger partial charge in [0.25, 0.3) is 0 Å². The minimum atomic E-state index is -0.224. The van der Waals surface area contributed by atoms with Crippen molar-refractivity contribution in [1.82, 2.24) is 15.2 Å². The van der Waals surface area contributed by atoms with Crippen LogP contribution in [0.25, 0.3) is 0 Å². The zero-order chi connectivity index (χ0) is 17.6. The Hall–Kier alpha value is -2.07. The van der Waals surface area contributed by atoms with Gasteiger partial charge in [-0.3, -0.25) is 4.79 Å². The summed E-state index contributed by atoms with van der Waals surface area (Å²) in [4.78, 5) is 17.3. The van der Waals surface area contributed by atoms with E-state index in [1.165, 1.54) is 22.4 Å². The first-order chi connectivity index (χ1) is 12.0. The van der Waals surface area contributed by atoms with E-state index in [4.69, 9.17) is 0 Å². The van der Waals surface area contributed by atoms with Gasteiger partial charge in [-0.05, 0) is 51.8 Å². The molecule has 4 heteroatoms. The zero-order valence-electron chi connectivity index (χ0n) is 15.4. The maximum absolute atomic E-state index is 11.9. The lowest BCUT2D eigenvalue weighted by atomic mass is 9.63. The smallest absolute Gasteiger partial charge is 0.248 e. The maximum Gasteiger partial charge on any atom is 0.248 e. The highest BCUT2D eigenvalue weighted by Crippen LogP contribution is 2.50. The molecule has 4 nitrogen and oxygen atoms in total. The fourth-order valence-electron chi connectivity index (χ4n) is 4.85. The number of hydrogen-bond acceptors (Lipinski definition) is 3. The fourth-order valence-corrected chi connectivity index (χ4v) is 4.85. The predicted molar refractivity (Wildman–Crippen MR) is 101 cm³/mol. The molecule has 25 heavy (non-hydrogen) atoms. The van der Waals surface area contributed by atoms with Gasteiger partial charge in [-0.2, -0.15) is 0 Å². The lowest BCUT2D eigenvalue weighted by molar-refractivity contribution is 0.313. The summed E-state index contributed by atoms with van der Waals surface area (Å²) in [5, 5.41) is 3.93. The Labute approximate surface area is 149 Å². The van der Waals surface area contributed by atoms with Gasteiger partial charge in [0.2, 0.25) is 5.56 Å². The van der Waals surface area contributed by atoms with Crippen LogP contribution in [0.15, 0.2) is 52.0 Å². The molecular weight excluding hydrogens is 310 g/mol. The summed E-state index contributed by atoms with van der Waals surface area (Å²) in [5.41, 5.74) is 6.29. The van der Waals surface area contributed by atoms with Gasteiger partial charge in [0.1, 0.15) is 0 Å². The molecule has 0 radical (unpaired) electrons. The summed E-state index contributed by atoms with van der Waals surface area (Å²) in [6, 6.07) is 3.71. The molecule has 2 unspecified atom stereocenters. The second kappa shape index (κ2) is 6.03. The van der Waals surface area contributed by atoms with Gasteiger partial charge < -0.3 is 15.2 Å². The number of hydrogen-bond donors (Lipinski definition) is 2. The Kier molecular flexibility index (Phi) is 3.95. The van der Waals surface area contributed by atoms with Crippen molar-refractivity contribution < 1.29 is 0 Å². The number of aromatic amines is 1. The molecule has 3 aliphatic rings. The Bertz CT molecular complexity index is 845. The van der Waals surface area contributed by atoms with Gasteiger partial charge >= 0.3 is 0 Å². The number of nitrogens with zero attached hydrogens (tertiary/aromatic N) is 1. The molecule has 2 N–H and O–H groups in total. The lowest BCUT2D eigenvalue weighted by Crippen LogP contribution is -2.52. The standard InChI is InChI=1S/C21H27N3O/c1-4-17-15-11-14(2)13-21(17,23-16-7-9-24(3)10-8-16)18-5-6-20(25)22-19(18)12-15/h4-7,11,15,23H,8-10,12-13H2,1-3H3,(H,22,25). The molecule has 0 saturated carbocycles. The average molecular weight is 337 g/mol. The van der Waals surface area contributed by atoms with Crippen molar-refractivity contribution in [3.8, 4) is 0 Å². The van der Waals surface area contributed by atoms with E-state index in [0.717, 1.165) is 38.0 Å². The number of aromatic nitrogens is 1. The quantitative estimate of drug-likeness (QED) is 0.816. The van der Waals surface area contributed by atoms with Crippen LogP contribution in [0.3, 0.4) is 0 Å². The number of rotatable bonds is 2. The van der Waals surface area contributed by atoms with E-state index in [-0.39, 0.29) is 11.1 Å². The predicted octanol–water partition coefficient (Wildman–Crippen LogP) is 2.85. The first-order valence-corrected chi connectivity index (χ1v) is 9.24. The van der Waals surface area contributed by atoms with Gasteiger partial charge in [-0.1, -0.05) is 23.8 Å². The topological polar surface area (TPSA) is 48.1 Å². The van der Waals surface area contributed by atoms with E-state index in [0.29, 0.717) is 5.92 Å². The number of H-pyrrole nitrogens is 1. The van der Waals surface area contributed by atoms with Crippen LogP contribution in [0.2, 0.25) is 0 Å². The summed E-state index contributed by atoms with van der Waals surface area (Å²) in [6.45, 7) is 6.44. The number of pyridine rings is 1. The fraction of sp³-hybridized carbons (Fsp3) is 0.476. The second-order valence-electron chi connectivity index (χ2n) is 7.73. The summed E-state index contributed by atoms with van der Waals surface area (Å²) >= 11 is 0. The number of nitrogens with one attached hydrogen (secondary N) is 2.